The number of hydrogen-bond donors (Lipinski definition) is 1. The number of nitrogens with one attached hydrogen (secondary N) is 1. The first-order chi connectivity index (χ1) is 13.0. The molecule has 27 heavy (non-hydrogen) atoms. The van der Waals surface area contributed by atoms with Gasteiger partial charge in [-0.1, -0.05) is 36.4 Å². The number of aromatic amines is 1. The molecule has 3 aromatic rings. The average Bonchev–Trinajstić information content (AvgIpc) is 3.31. The summed E-state index contributed by atoms with van der Waals surface area (Å²) in [6.07, 6.45) is 2.65. The van der Waals surface area contributed by atoms with E-state index in [2.05, 4.69) is 10.2 Å². The van der Waals surface area contributed by atoms with Crippen molar-refractivity contribution in [3.8, 4) is 11.5 Å². The summed E-state index contributed by atoms with van der Waals surface area (Å²) in [4.78, 5) is 0. The average molecular weight is 383 g/mol. The Hall–Kier alpha value is -2.64. The van der Waals surface area contributed by atoms with Gasteiger partial charge in [0, 0.05) is 24.3 Å². The number of hydrogen-bond acceptors (Lipinski definition) is 4. The molecule has 1 aliphatic heterocycles. The molecule has 0 atom stereocenters. The molecule has 0 unspecified atom stereocenters. The van der Waals surface area contributed by atoms with Gasteiger partial charge in [-0.3, -0.25) is 5.10 Å². The quantitative estimate of drug-likeness (QED) is 0.744. The maximum atomic E-state index is 12.9. The predicted octanol–water partition coefficient (Wildman–Crippen LogP) is 3.76. The molecule has 0 saturated heterocycles. The lowest BCUT2D eigenvalue weighted by Crippen LogP contribution is -2.34. The second-order valence-electron chi connectivity index (χ2n) is 6.65. The largest absolute Gasteiger partial charge is 0.442 e. The van der Waals surface area contributed by atoms with Gasteiger partial charge in [0.25, 0.3) is 10.0 Å². The van der Waals surface area contributed by atoms with Crippen LogP contribution < -0.4 is 0 Å². The van der Waals surface area contributed by atoms with E-state index in [4.69, 9.17) is 4.42 Å². The molecule has 0 saturated carbocycles. The number of furan rings is 1. The second kappa shape index (κ2) is 6.83. The molecule has 6 nitrogen and oxygen atoms in total. The Kier molecular flexibility index (Phi) is 4.49. The fourth-order valence-electron chi connectivity index (χ4n) is 3.22. The molecule has 0 radical (unpaired) electrons. The molecular formula is C20H21N3O3S. The van der Waals surface area contributed by atoms with E-state index >= 15 is 0 Å². The number of nitrogens with zero attached hydrogens (tertiary/aromatic N) is 2. The van der Waals surface area contributed by atoms with Crippen molar-refractivity contribution in [3.05, 3.63) is 65.4 Å². The van der Waals surface area contributed by atoms with E-state index in [9.17, 15) is 8.42 Å². The zero-order valence-electron chi connectivity index (χ0n) is 15.3. The normalized spacial score (nSPS) is 15.7. The van der Waals surface area contributed by atoms with Crippen LogP contribution in [0.4, 0.5) is 0 Å². The predicted molar refractivity (Wildman–Crippen MR) is 104 cm³/mol. The Morgan fingerprint density at radius 2 is 1.89 bits per heavy atom. The van der Waals surface area contributed by atoms with Gasteiger partial charge in [0.15, 0.2) is 5.76 Å². The highest BCUT2D eigenvalue weighted by Gasteiger charge is 2.29. The van der Waals surface area contributed by atoms with E-state index in [1.165, 1.54) is 15.9 Å². The van der Waals surface area contributed by atoms with E-state index in [-0.39, 0.29) is 5.09 Å². The summed E-state index contributed by atoms with van der Waals surface area (Å²) in [5, 5.41) is 7.04. The minimum absolute atomic E-state index is 0.0471. The van der Waals surface area contributed by atoms with Gasteiger partial charge >= 0.3 is 0 Å². The van der Waals surface area contributed by atoms with Gasteiger partial charge in [0.2, 0.25) is 5.09 Å². The van der Waals surface area contributed by atoms with Crippen LogP contribution in [0.25, 0.3) is 17.0 Å². The molecular weight excluding hydrogens is 362 g/mol. The summed E-state index contributed by atoms with van der Waals surface area (Å²) in [5.74, 6) is 0.452. The summed E-state index contributed by atoms with van der Waals surface area (Å²) < 4.78 is 33.0. The van der Waals surface area contributed by atoms with Gasteiger partial charge in [-0.15, -0.1) is 0 Å². The van der Waals surface area contributed by atoms with Crippen molar-refractivity contribution in [2.45, 2.75) is 25.4 Å². The molecule has 1 aromatic carbocycles. The van der Waals surface area contributed by atoms with E-state index in [1.54, 1.807) is 6.07 Å². The van der Waals surface area contributed by atoms with Gasteiger partial charge in [-0.05, 0) is 43.5 Å². The molecule has 2 aromatic heterocycles. The van der Waals surface area contributed by atoms with E-state index < -0.39 is 10.0 Å². The van der Waals surface area contributed by atoms with Crippen molar-refractivity contribution in [1.29, 1.82) is 0 Å². The molecule has 0 spiro atoms. The monoisotopic (exact) mass is 383 g/mol. The lowest BCUT2D eigenvalue weighted by molar-refractivity contribution is 0.399. The van der Waals surface area contributed by atoms with Crippen LogP contribution in [0, 0.1) is 13.8 Å². The van der Waals surface area contributed by atoms with E-state index in [0.717, 1.165) is 16.8 Å². The molecule has 0 aliphatic carbocycles. The van der Waals surface area contributed by atoms with E-state index in [1.807, 2.05) is 50.3 Å². The Labute approximate surface area is 158 Å². The molecule has 0 amide bonds. The number of benzene rings is 1. The highest BCUT2D eigenvalue weighted by molar-refractivity contribution is 7.89. The first kappa shape index (κ1) is 17.8. The number of H-pyrrole nitrogens is 1. The topological polar surface area (TPSA) is 79.2 Å². The van der Waals surface area contributed by atoms with Crippen molar-refractivity contribution in [3.63, 3.8) is 0 Å². The first-order valence-electron chi connectivity index (χ1n) is 8.83. The molecule has 4 rings (SSSR count). The highest BCUT2D eigenvalue weighted by Crippen LogP contribution is 2.30. The summed E-state index contributed by atoms with van der Waals surface area (Å²) in [6, 6.07) is 13.2. The molecule has 0 bridgehead atoms. The smallest absolute Gasteiger partial charge is 0.276 e. The standard InChI is InChI=1S/C20H21N3O3S/c1-14-15(2)21-22-20(14)18-8-9-19(26-18)27(24,25)23-12-10-17(11-13-23)16-6-4-3-5-7-16/h3-10H,11-13H2,1-2H3,(H,21,22). The third-order valence-electron chi connectivity index (χ3n) is 4.98. The Balaban J connectivity index is 1.56. The lowest BCUT2D eigenvalue weighted by atomic mass is 10.0. The van der Waals surface area contributed by atoms with Crippen LogP contribution in [0.3, 0.4) is 0 Å². The van der Waals surface area contributed by atoms with E-state index in [0.29, 0.717) is 31.0 Å². The fraction of sp³-hybridized carbons (Fsp3) is 0.250. The number of aromatic nitrogens is 2. The number of sulfonamides is 1. The zero-order chi connectivity index (χ0) is 19.0. The van der Waals surface area contributed by atoms with Crippen LogP contribution in [0.1, 0.15) is 23.2 Å². The molecule has 140 valence electrons. The second-order valence-corrected chi connectivity index (χ2v) is 8.52. The number of rotatable bonds is 4. The third kappa shape index (κ3) is 3.24. The summed E-state index contributed by atoms with van der Waals surface area (Å²) in [6.45, 7) is 4.60. The minimum Gasteiger partial charge on any atom is -0.442 e. The van der Waals surface area contributed by atoms with Crippen molar-refractivity contribution in [2.75, 3.05) is 13.1 Å². The summed E-state index contributed by atoms with van der Waals surface area (Å²) in [7, 11) is -3.68. The number of aryl methyl sites for hydroxylation is 1. The molecule has 0 fully saturated rings. The van der Waals surface area contributed by atoms with Gasteiger partial charge in [-0.2, -0.15) is 9.40 Å². The third-order valence-corrected chi connectivity index (χ3v) is 6.72. The van der Waals surface area contributed by atoms with Crippen molar-refractivity contribution in [1.82, 2.24) is 14.5 Å². The lowest BCUT2D eigenvalue weighted by Gasteiger charge is -2.25. The minimum atomic E-state index is -3.68. The first-order valence-corrected chi connectivity index (χ1v) is 10.3. The van der Waals surface area contributed by atoms with Gasteiger partial charge in [0.05, 0.1) is 0 Å². The van der Waals surface area contributed by atoms with Crippen molar-refractivity contribution >= 4 is 15.6 Å². The summed E-state index contributed by atoms with van der Waals surface area (Å²) in [5.41, 5.74) is 4.82. The van der Waals surface area contributed by atoms with Gasteiger partial charge < -0.3 is 4.42 Å². The Bertz CT molecular complexity index is 1090. The molecule has 1 aliphatic rings. The zero-order valence-corrected chi connectivity index (χ0v) is 16.1. The fourth-order valence-corrected chi connectivity index (χ4v) is 4.51. The van der Waals surface area contributed by atoms with Crippen molar-refractivity contribution in [2.24, 2.45) is 0 Å². The highest BCUT2D eigenvalue weighted by atomic mass is 32.2. The van der Waals surface area contributed by atoms with Crippen molar-refractivity contribution < 1.29 is 12.8 Å². The molecule has 7 heteroatoms. The van der Waals surface area contributed by atoms with Crippen LogP contribution in [-0.4, -0.2) is 36.0 Å². The van der Waals surface area contributed by atoms with Crippen LogP contribution in [0.15, 0.2) is 58.1 Å². The van der Waals surface area contributed by atoms with Gasteiger partial charge in [-0.25, -0.2) is 8.42 Å². The molecule has 3 heterocycles. The SMILES string of the molecule is Cc1[nH]nc(-c2ccc(S(=O)(=O)N3CC=C(c4ccccc4)CC3)o2)c1C. The summed E-state index contributed by atoms with van der Waals surface area (Å²) >= 11 is 0. The van der Waals surface area contributed by atoms with Gasteiger partial charge in [0.1, 0.15) is 5.69 Å². The maximum Gasteiger partial charge on any atom is 0.276 e. The van der Waals surface area contributed by atoms with Crippen LogP contribution in [-0.2, 0) is 10.0 Å². The molecule has 1 N–H and O–H groups in total. The maximum absolute atomic E-state index is 12.9. The van der Waals surface area contributed by atoms with Crippen LogP contribution in [0.2, 0.25) is 0 Å². The van der Waals surface area contributed by atoms with Crippen LogP contribution >= 0.6 is 0 Å². The Morgan fingerprint density at radius 3 is 2.52 bits per heavy atom. The Morgan fingerprint density at radius 1 is 1.11 bits per heavy atom. The van der Waals surface area contributed by atoms with Crippen LogP contribution in [0.5, 0.6) is 0 Å².